The molecule has 0 spiro atoms. The average Bonchev–Trinajstić information content (AvgIpc) is 2.75. The zero-order valence-electron chi connectivity index (χ0n) is 16.4. The van der Waals surface area contributed by atoms with Crippen LogP contribution in [0.1, 0.15) is 20.7 Å². The van der Waals surface area contributed by atoms with Crippen molar-refractivity contribution in [2.45, 2.75) is 0 Å². The van der Waals surface area contributed by atoms with Gasteiger partial charge in [0.25, 0.3) is 0 Å². The molecule has 0 amide bonds. The first-order valence-corrected chi connectivity index (χ1v) is 9.49. The van der Waals surface area contributed by atoms with Gasteiger partial charge in [-0.2, -0.15) is 0 Å². The van der Waals surface area contributed by atoms with E-state index >= 15 is 0 Å². The number of benzene rings is 3. The van der Waals surface area contributed by atoms with Crippen molar-refractivity contribution in [1.29, 1.82) is 0 Å². The molecule has 0 atom stereocenters. The Morgan fingerprint density at radius 2 is 1.21 bits per heavy atom. The molecule has 0 aliphatic carbocycles. The van der Waals surface area contributed by atoms with Gasteiger partial charge < -0.3 is 29.6 Å². The van der Waals surface area contributed by atoms with Crippen molar-refractivity contribution >= 4 is 48.7 Å². The lowest BCUT2D eigenvalue weighted by molar-refractivity contribution is 0.0714. The highest BCUT2D eigenvalue weighted by Crippen LogP contribution is 2.30. The Labute approximate surface area is 190 Å². The number of hydrogen-bond acceptors (Lipinski definition) is 8. The maximum atomic E-state index is 14.1. The minimum Gasteiger partial charge on any atom is -0.423 e. The largest absolute Gasteiger partial charge is 0.488 e. The third-order valence-electron chi connectivity index (χ3n) is 4.34. The van der Waals surface area contributed by atoms with Crippen LogP contribution in [0.15, 0.2) is 54.6 Å². The molecule has 3 aromatic carbocycles. The average molecular weight is 476 g/mol. The smallest absolute Gasteiger partial charge is 0.423 e. The van der Waals surface area contributed by atoms with Crippen molar-refractivity contribution < 1.29 is 47.9 Å². The Kier molecular flexibility index (Phi) is 7.46. The van der Waals surface area contributed by atoms with Crippen LogP contribution in [0, 0.1) is 11.6 Å². The number of carbonyl (C=O) groups excluding carboxylic acids is 2. The molecule has 33 heavy (non-hydrogen) atoms. The molecule has 168 valence electrons. The van der Waals surface area contributed by atoms with E-state index in [2.05, 4.69) is 0 Å². The molecule has 13 heteroatoms. The van der Waals surface area contributed by atoms with Crippen LogP contribution in [0.2, 0.25) is 5.02 Å². The fourth-order valence-electron chi connectivity index (χ4n) is 2.66. The van der Waals surface area contributed by atoms with E-state index in [-0.39, 0.29) is 27.4 Å². The topological polar surface area (TPSA) is 134 Å². The first-order chi connectivity index (χ1) is 15.6. The predicted molar refractivity (Wildman–Crippen MR) is 114 cm³/mol. The van der Waals surface area contributed by atoms with E-state index in [1.807, 2.05) is 0 Å². The van der Waals surface area contributed by atoms with Gasteiger partial charge in [-0.15, -0.1) is 0 Å². The molecule has 0 saturated carbocycles. The zero-order chi connectivity index (χ0) is 24.3. The fourth-order valence-corrected chi connectivity index (χ4v) is 2.87. The van der Waals surface area contributed by atoms with Crippen LogP contribution >= 0.6 is 11.6 Å². The van der Waals surface area contributed by atoms with E-state index in [1.54, 1.807) is 0 Å². The van der Waals surface area contributed by atoms with Crippen LogP contribution in [0.4, 0.5) is 8.78 Å². The van der Waals surface area contributed by atoms with Gasteiger partial charge in [-0.25, -0.2) is 18.4 Å². The maximum Gasteiger partial charge on any atom is 0.488 e. The Bertz CT molecular complexity index is 1220. The summed E-state index contributed by atoms with van der Waals surface area (Å²) in [7, 11) is -3.83. The molecule has 3 aromatic rings. The summed E-state index contributed by atoms with van der Waals surface area (Å²) in [5, 5.41) is 36.0. The van der Waals surface area contributed by atoms with Gasteiger partial charge in [-0.05, 0) is 47.3 Å². The molecular weight excluding hydrogens is 463 g/mol. The summed E-state index contributed by atoms with van der Waals surface area (Å²) >= 11 is 6.03. The minimum absolute atomic E-state index is 0.122. The van der Waals surface area contributed by atoms with Gasteiger partial charge in [0.2, 0.25) is 0 Å². The van der Waals surface area contributed by atoms with Crippen molar-refractivity contribution in [2.75, 3.05) is 0 Å². The van der Waals surface area contributed by atoms with Crippen molar-refractivity contribution in [1.82, 2.24) is 0 Å². The number of rotatable bonds is 6. The molecule has 4 N–H and O–H groups in total. The molecule has 0 aliphatic rings. The number of esters is 2. The molecule has 3 rings (SSSR count). The summed E-state index contributed by atoms with van der Waals surface area (Å²) in [6, 6.07) is 9.27. The predicted octanol–water partition coefficient (Wildman–Crippen LogP) is 0.416. The van der Waals surface area contributed by atoms with E-state index in [0.717, 1.165) is 48.5 Å². The highest BCUT2D eigenvalue weighted by molar-refractivity contribution is 6.59. The van der Waals surface area contributed by atoms with Crippen LogP contribution in [0.3, 0.4) is 0 Å². The molecule has 8 nitrogen and oxygen atoms in total. The summed E-state index contributed by atoms with van der Waals surface area (Å²) in [5.41, 5.74) is -1.28. The lowest BCUT2D eigenvalue weighted by Crippen LogP contribution is -2.30. The molecule has 0 aliphatic heterocycles. The second-order valence-corrected chi connectivity index (χ2v) is 7.00. The molecule has 0 unspecified atom stereocenters. The second kappa shape index (κ2) is 10.1. The molecule has 0 radical (unpaired) electrons. The van der Waals surface area contributed by atoms with Crippen molar-refractivity contribution in [3.63, 3.8) is 0 Å². The monoisotopic (exact) mass is 476 g/mol. The normalized spacial score (nSPS) is 10.5. The van der Waals surface area contributed by atoms with Crippen molar-refractivity contribution in [3.8, 4) is 11.5 Å². The number of carbonyl (C=O) groups is 2. The zero-order valence-corrected chi connectivity index (χ0v) is 17.2. The number of hydrogen-bond donors (Lipinski definition) is 4. The Balaban J connectivity index is 1.72. The first-order valence-electron chi connectivity index (χ1n) is 9.12. The van der Waals surface area contributed by atoms with Crippen LogP contribution in [-0.4, -0.2) is 46.3 Å². The first kappa shape index (κ1) is 24.4. The maximum absolute atomic E-state index is 14.1. The van der Waals surface area contributed by atoms with Gasteiger partial charge in [0.05, 0.1) is 16.1 Å². The van der Waals surface area contributed by atoms with E-state index in [4.69, 9.17) is 41.2 Å². The van der Waals surface area contributed by atoms with Gasteiger partial charge in [-0.3, -0.25) is 0 Å². The molecule has 0 aromatic heterocycles. The Hall–Kier alpha value is -3.28. The number of ether oxygens (including phenoxy) is 2. The van der Waals surface area contributed by atoms with E-state index in [9.17, 15) is 18.4 Å². The third kappa shape index (κ3) is 5.75. The van der Waals surface area contributed by atoms with E-state index < -0.39 is 48.9 Å². The highest BCUT2D eigenvalue weighted by atomic mass is 35.5. The molecule has 0 saturated heterocycles. The summed E-state index contributed by atoms with van der Waals surface area (Å²) in [6.07, 6.45) is 0. The lowest BCUT2D eigenvalue weighted by atomic mass is 9.80. The van der Waals surface area contributed by atoms with Gasteiger partial charge in [0.15, 0.2) is 0 Å². The SMILES string of the molecule is O=C(Oc1ccc(OC(=O)c2ccc(B(O)O)cc2F)c(Cl)c1)c1ccc(B(O)O)cc1F. The molecule has 0 bridgehead atoms. The minimum atomic E-state index is -1.91. The summed E-state index contributed by atoms with van der Waals surface area (Å²) in [4.78, 5) is 24.4. The fraction of sp³-hybridized carbons (Fsp3) is 0. The molecular formula is C20H13B2ClF2O8. The standard InChI is InChI=1S/C20H13B2ClF2O8/c23-15-9-12(32-19(26)13-4-1-10(21(28)29)7-16(13)24)3-6-18(15)33-20(27)14-5-2-11(22(30)31)8-17(14)25/h1-9,28-31H. The Morgan fingerprint density at radius 3 is 1.64 bits per heavy atom. The highest BCUT2D eigenvalue weighted by Gasteiger charge is 2.21. The van der Waals surface area contributed by atoms with Gasteiger partial charge >= 0.3 is 26.2 Å². The third-order valence-corrected chi connectivity index (χ3v) is 4.63. The van der Waals surface area contributed by atoms with E-state index in [0.29, 0.717) is 0 Å². The van der Waals surface area contributed by atoms with Gasteiger partial charge in [-0.1, -0.05) is 23.7 Å². The molecule has 0 fully saturated rings. The van der Waals surface area contributed by atoms with Gasteiger partial charge in [0, 0.05) is 6.07 Å². The van der Waals surface area contributed by atoms with Crippen LogP contribution < -0.4 is 20.4 Å². The quantitative estimate of drug-likeness (QED) is 0.229. The van der Waals surface area contributed by atoms with Crippen LogP contribution in [0.5, 0.6) is 11.5 Å². The summed E-state index contributed by atoms with van der Waals surface area (Å²) in [6.45, 7) is 0. The van der Waals surface area contributed by atoms with Crippen molar-refractivity contribution in [3.05, 3.63) is 82.4 Å². The van der Waals surface area contributed by atoms with Crippen LogP contribution in [-0.2, 0) is 0 Å². The molecule has 0 heterocycles. The lowest BCUT2D eigenvalue weighted by Gasteiger charge is -2.10. The second-order valence-electron chi connectivity index (χ2n) is 6.60. The van der Waals surface area contributed by atoms with Gasteiger partial charge in [0.1, 0.15) is 23.1 Å². The van der Waals surface area contributed by atoms with E-state index in [1.165, 1.54) is 6.07 Å². The van der Waals surface area contributed by atoms with Crippen LogP contribution in [0.25, 0.3) is 0 Å². The summed E-state index contributed by atoms with van der Waals surface area (Å²) < 4.78 is 38.2. The number of halogens is 3. The van der Waals surface area contributed by atoms with Crippen molar-refractivity contribution in [2.24, 2.45) is 0 Å². The Morgan fingerprint density at radius 1 is 0.727 bits per heavy atom. The summed E-state index contributed by atoms with van der Waals surface area (Å²) in [5.74, 6) is -4.62.